The van der Waals surface area contributed by atoms with Crippen LogP contribution in [0.5, 0.6) is 0 Å². The molecule has 0 aliphatic heterocycles. The van der Waals surface area contributed by atoms with E-state index in [4.69, 9.17) is 9.47 Å². The maximum Gasteiger partial charge on any atom is 0.215 e. The number of hydrogen-bond donors (Lipinski definition) is 0. The summed E-state index contributed by atoms with van der Waals surface area (Å²) in [5, 5.41) is 0. The minimum atomic E-state index is 0.444. The predicted octanol–water partition coefficient (Wildman–Crippen LogP) is 2.75. The first-order chi connectivity index (χ1) is 6.28. The Balaban J connectivity index is 0. The molecule has 0 saturated heterocycles. The molecule has 0 amide bonds. The lowest BCUT2D eigenvalue weighted by atomic mass is 10.6. The monoisotopic (exact) mass is 185 g/mol. The average Bonchev–Trinajstić information content (AvgIpc) is 2.23. The molecule has 0 rings (SSSR count). The molecule has 0 fully saturated rings. The molecule has 0 aromatic heterocycles. The van der Waals surface area contributed by atoms with Gasteiger partial charge in [-0.25, -0.2) is 0 Å². The zero-order valence-electron chi connectivity index (χ0n) is 9.13. The molecule has 0 bridgehead atoms. The van der Waals surface area contributed by atoms with Crippen LogP contribution in [0.25, 0.3) is 0 Å². The molecule has 0 aliphatic carbocycles. The summed E-state index contributed by atoms with van der Waals surface area (Å²) >= 11 is 0. The number of allylic oxidation sites excluding steroid dienone is 1. The first-order valence-corrected chi connectivity index (χ1v) is 4.23. The Labute approximate surface area is 80.8 Å². The Bertz CT molecular complexity index is 183. The van der Waals surface area contributed by atoms with E-state index in [0.29, 0.717) is 11.8 Å². The summed E-state index contributed by atoms with van der Waals surface area (Å²) in [7, 11) is 3.08. The fourth-order valence-electron chi connectivity index (χ4n) is 0.511. The van der Waals surface area contributed by atoms with Crippen molar-refractivity contribution in [3.05, 3.63) is 24.6 Å². The van der Waals surface area contributed by atoms with Crippen molar-refractivity contribution in [2.45, 2.75) is 20.8 Å². The highest BCUT2D eigenvalue weighted by molar-refractivity contribution is 5.87. The number of nitrogens with zero attached hydrogens (tertiary/aromatic N) is 1. The van der Waals surface area contributed by atoms with Gasteiger partial charge in [0.1, 0.15) is 0 Å². The molecular formula is C10H19NO2. The van der Waals surface area contributed by atoms with E-state index in [1.807, 2.05) is 20.8 Å². The number of rotatable bonds is 3. The first-order valence-electron chi connectivity index (χ1n) is 4.23. The van der Waals surface area contributed by atoms with Gasteiger partial charge in [0.05, 0.1) is 14.2 Å². The van der Waals surface area contributed by atoms with E-state index in [2.05, 4.69) is 11.6 Å². The zero-order chi connectivity index (χ0) is 10.7. The number of aliphatic imine (C=N–C) groups is 1. The third kappa shape index (κ3) is 7.12. The quantitative estimate of drug-likeness (QED) is 0.384. The summed E-state index contributed by atoms with van der Waals surface area (Å²) < 4.78 is 9.72. The highest BCUT2D eigenvalue weighted by Crippen LogP contribution is 1.98. The molecule has 0 saturated carbocycles. The van der Waals surface area contributed by atoms with Gasteiger partial charge in [-0.3, -0.25) is 0 Å². The maximum absolute atomic E-state index is 4.88. The molecule has 3 nitrogen and oxygen atoms in total. The SMILES string of the molecule is C=C/C(=N\C(=C\C)OC)OC.CC. The van der Waals surface area contributed by atoms with Crippen molar-refractivity contribution < 1.29 is 9.47 Å². The number of ether oxygens (including phenoxy) is 2. The van der Waals surface area contributed by atoms with Crippen molar-refractivity contribution in [1.82, 2.24) is 0 Å². The fourth-order valence-corrected chi connectivity index (χ4v) is 0.511. The van der Waals surface area contributed by atoms with Gasteiger partial charge in [-0.05, 0) is 19.1 Å². The van der Waals surface area contributed by atoms with E-state index in [1.165, 1.54) is 13.2 Å². The van der Waals surface area contributed by atoms with Crippen LogP contribution in [0.1, 0.15) is 20.8 Å². The fraction of sp³-hybridized carbons (Fsp3) is 0.500. The number of hydrogen-bond acceptors (Lipinski definition) is 3. The second-order valence-corrected chi connectivity index (χ2v) is 1.69. The largest absolute Gasteiger partial charge is 0.481 e. The van der Waals surface area contributed by atoms with E-state index >= 15 is 0 Å². The molecule has 0 radical (unpaired) electrons. The molecule has 0 N–H and O–H groups in total. The maximum atomic E-state index is 4.88. The predicted molar refractivity (Wildman–Crippen MR) is 56.8 cm³/mol. The lowest BCUT2D eigenvalue weighted by molar-refractivity contribution is 0.284. The highest BCUT2D eigenvalue weighted by Gasteiger charge is 1.92. The van der Waals surface area contributed by atoms with E-state index in [-0.39, 0.29) is 0 Å². The Morgan fingerprint density at radius 1 is 1.23 bits per heavy atom. The third-order valence-corrected chi connectivity index (χ3v) is 1.06. The lowest BCUT2D eigenvalue weighted by Gasteiger charge is -2.00. The molecule has 0 unspecified atom stereocenters. The summed E-state index contributed by atoms with van der Waals surface area (Å²) in [6.07, 6.45) is 3.26. The van der Waals surface area contributed by atoms with E-state index in [1.54, 1.807) is 13.2 Å². The molecular weight excluding hydrogens is 166 g/mol. The van der Waals surface area contributed by atoms with Gasteiger partial charge in [-0.1, -0.05) is 20.4 Å². The van der Waals surface area contributed by atoms with Gasteiger partial charge in [0.2, 0.25) is 11.8 Å². The summed E-state index contributed by atoms with van der Waals surface area (Å²) in [6.45, 7) is 9.35. The van der Waals surface area contributed by atoms with Crippen molar-refractivity contribution in [1.29, 1.82) is 0 Å². The molecule has 0 heterocycles. The molecule has 0 aromatic rings. The standard InChI is InChI=1S/C8H13NO2.C2H6/c1-5-7(10-3)9-8(6-2)11-4;1-2/h5-6H,1H2,2-4H3;1-2H3/b8-6-,9-7+;. The number of methoxy groups -OCH3 is 2. The summed E-state index contributed by atoms with van der Waals surface area (Å²) in [5.74, 6) is 0.960. The van der Waals surface area contributed by atoms with Crippen molar-refractivity contribution in [2.24, 2.45) is 4.99 Å². The summed E-state index contributed by atoms with van der Waals surface area (Å²) in [6, 6.07) is 0. The molecule has 3 heteroatoms. The Hall–Kier alpha value is -1.25. The second-order valence-electron chi connectivity index (χ2n) is 1.69. The van der Waals surface area contributed by atoms with Crippen molar-refractivity contribution in [2.75, 3.05) is 14.2 Å². The van der Waals surface area contributed by atoms with Gasteiger partial charge >= 0.3 is 0 Å². The van der Waals surface area contributed by atoms with Crippen LogP contribution in [0.4, 0.5) is 0 Å². The van der Waals surface area contributed by atoms with Crippen LogP contribution in [0.15, 0.2) is 29.6 Å². The minimum Gasteiger partial charge on any atom is -0.481 e. The van der Waals surface area contributed by atoms with Crippen LogP contribution in [-0.2, 0) is 9.47 Å². The first kappa shape index (κ1) is 14.3. The molecule has 0 aromatic carbocycles. The van der Waals surface area contributed by atoms with Gasteiger partial charge < -0.3 is 9.47 Å². The molecule has 76 valence electrons. The van der Waals surface area contributed by atoms with Gasteiger partial charge in [0, 0.05) is 0 Å². The zero-order valence-corrected chi connectivity index (χ0v) is 9.13. The van der Waals surface area contributed by atoms with Crippen molar-refractivity contribution in [3.8, 4) is 0 Å². The van der Waals surface area contributed by atoms with E-state index in [9.17, 15) is 0 Å². The van der Waals surface area contributed by atoms with Crippen LogP contribution >= 0.6 is 0 Å². The van der Waals surface area contributed by atoms with Crippen molar-refractivity contribution >= 4 is 5.90 Å². The molecule has 0 spiro atoms. The molecule has 13 heavy (non-hydrogen) atoms. The van der Waals surface area contributed by atoms with Crippen LogP contribution in [0.2, 0.25) is 0 Å². The van der Waals surface area contributed by atoms with Crippen LogP contribution < -0.4 is 0 Å². The Morgan fingerprint density at radius 3 is 2.00 bits per heavy atom. The van der Waals surface area contributed by atoms with Gasteiger partial charge in [0.25, 0.3) is 0 Å². The van der Waals surface area contributed by atoms with Crippen LogP contribution in [0.3, 0.4) is 0 Å². The van der Waals surface area contributed by atoms with Crippen molar-refractivity contribution in [3.63, 3.8) is 0 Å². The average molecular weight is 185 g/mol. The lowest BCUT2D eigenvalue weighted by Crippen LogP contribution is -1.97. The van der Waals surface area contributed by atoms with Crippen LogP contribution in [0, 0.1) is 0 Å². The summed E-state index contributed by atoms with van der Waals surface area (Å²) in [4.78, 5) is 3.97. The minimum absolute atomic E-state index is 0.444. The third-order valence-electron chi connectivity index (χ3n) is 1.06. The van der Waals surface area contributed by atoms with E-state index < -0.39 is 0 Å². The van der Waals surface area contributed by atoms with Gasteiger partial charge in [-0.2, -0.15) is 4.99 Å². The van der Waals surface area contributed by atoms with Gasteiger partial charge in [-0.15, -0.1) is 0 Å². The Morgan fingerprint density at radius 2 is 1.77 bits per heavy atom. The van der Waals surface area contributed by atoms with E-state index in [0.717, 1.165) is 0 Å². The summed E-state index contributed by atoms with van der Waals surface area (Å²) in [5.41, 5.74) is 0. The topological polar surface area (TPSA) is 30.8 Å². The van der Waals surface area contributed by atoms with Gasteiger partial charge in [0.15, 0.2) is 0 Å². The molecule has 0 aliphatic rings. The highest BCUT2D eigenvalue weighted by atomic mass is 16.5. The second kappa shape index (κ2) is 10.8. The Kier molecular flexibility index (Phi) is 11.8. The van der Waals surface area contributed by atoms with Crippen LogP contribution in [-0.4, -0.2) is 20.1 Å². The smallest absolute Gasteiger partial charge is 0.215 e. The normalized spacial score (nSPS) is 11.2. The molecule has 0 atom stereocenters.